The lowest BCUT2D eigenvalue weighted by Gasteiger charge is -2.51. The molecular formula is C22H26N4O3. The molecule has 152 valence electrons. The maximum absolute atomic E-state index is 13.4. The van der Waals surface area contributed by atoms with E-state index in [4.69, 9.17) is 4.74 Å². The number of carbonyl (C=O) groups excluding carboxylic acids is 1. The van der Waals surface area contributed by atoms with Crippen molar-refractivity contribution in [1.29, 1.82) is 0 Å². The highest BCUT2D eigenvalue weighted by molar-refractivity contribution is 5.94. The number of rotatable bonds is 3. The smallest absolute Gasteiger partial charge is 0.263 e. The second-order valence-electron chi connectivity index (χ2n) is 8.40. The highest BCUT2D eigenvalue weighted by Crippen LogP contribution is 2.47. The first-order valence-electron chi connectivity index (χ1n) is 10.3. The molecule has 5 heterocycles. The van der Waals surface area contributed by atoms with Gasteiger partial charge in [-0.15, -0.1) is 0 Å². The van der Waals surface area contributed by atoms with Gasteiger partial charge in [0, 0.05) is 24.7 Å². The van der Waals surface area contributed by atoms with Crippen LogP contribution in [0.1, 0.15) is 40.5 Å². The summed E-state index contributed by atoms with van der Waals surface area (Å²) in [6.45, 7) is 4.52. The largest absolute Gasteiger partial charge is 0.497 e. The van der Waals surface area contributed by atoms with Crippen LogP contribution < -0.4 is 10.3 Å². The molecule has 7 nitrogen and oxygen atoms in total. The predicted octanol–water partition coefficient (Wildman–Crippen LogP) is 1.79. The van der Waals surface area contributed by atoms with Gasteiger partial charge in [-0.1, -0.05) is 12.1 Å². The Kier molecular flexibility index (Phi) is 4.42. The van der Waals surface area contributed by atoms with E-state index >= 15 is 0 Å². The normalized spacial score (nSPS) is 30.3. The zero-order chi connectivity index (χ0) is 20.1. The summed E-state index contributed by atoms with van der Waals surface area (Å²) >= 11 is 0. The number of aromatic nitrogens is 2. The van der Waals surface area contributed by atoms with Crippen molar-refractivity contribution >= 4 is 5.91 Å². The highest BCUT2D eigenvalue weighted by Gasteiger charge is 2.54. The molecular weight excluding hydrogens is 368 g/mol. The Labute approximate surface area is 169 Å². The Hall–Kier alpha value is -2.67. The maximum atomic E-state index is 13.4. The Balaban J connectivity index is 1.52. The SMILES string of the molecule is COc1ccc([C@H]2CN(C(=O)c3cnc(C)[nH]c3=O)[C@H]3C4CCN(CC4)[C@@H]23)cc1. The van der Waals surface area contributed by atoms with E-state index in [1.807, 2.05) is 17.0 Å². The van der Waals surface area contributed by atoms with Crippen molar-refractivity contribution in [2.75, 3.05) is 26.7 Å². The van der Waals surface area contributed by atoms with Crippen LogP contribution in [0, 0.1) is 12.8 Å². The van der Waals surface area contributed by atoms with Crippen LogP contribution in [-0.2, 0) is 0 Å². The van der Waals surface area contributed by atoms with Gasteiger partial charge in [0.2, 0.25) is 0 Å². The molecule has 4 saturated heterocycles. The molecule has 6 rings (SSSR count). The lowest BCUT2D eigenvalue weighted by atomic mass is 9.75. The van der Waals surface area contributed by atoms with Crippen LogP contribution in [0.5, 0.6) is 5.75 Å². The van der Waals surface area contributed by atoms with E-state index in [9.17, 15) is 9.59 Å². The number of nitrogens with one attached hydrogen (secondary N) is 1. The van der Waals surface area contributed by atoms with E-state index in [1.54, 1.807) is 14.0 Å². The van der Waals surface area contributed by atoms with Gasteiger partial charge in [-0.05, 0) is 56.5 Å². The lowest BCUT2D eigenvalue weighted by molar-refractivity contribution is -0.00347. The molecule has 2 aromatic rings. The molecule has 0 unspecified atom stereocenters. The summed E-state index contributed by atoms with van der Waals surface area (Å²) in [6.07, 6.45) is 3.65. The highest BCUT2D eigenvalue weighted by atomic mass is 16.5. The Morgan fingerprint density at radius 1 is 1.17 bits per heavy atom. The molecule has 29 heavy (non-hydrogen) atoms. The fraction of sp³-hybridized carbons (Fsp3) is 0.500. The van der Waals surface area contributed by atoms with E-state index in [2.05, 4.69) is 27.0 Å². The average molecular weight is 394 g/mol. The zero-order valence-electron chi connectivity index (χ0n) is 16.8. The van der Waals surface area contributed by atoms with Crippen molar-refractivity contribution in [2.45, 2.75) is 37.8 Å². The molecule has 1 aromatic carbocycles. The Bertz CT molecular complexity index is 978. The third-order valence-corrected chi connectivity index (χ3v) is 6.96. The summed E-state index contributed by atoms with van der Waals surface area (Å²) in [5, 5.41) is 0. The Morgan fingerprint density at radius 3 is 2.55 bits per heavy atom. The summed E-state index contributed by atoms with van der Waals surface area (Å²) in [6, 6.07) is 8.64. The molecule has 2 bridgehead atoms. The number of ether oxygens (including phenoxy) is 1. The van der Waals surface area contributed by atoms with Crippen molar-refractivity contribution in [3.63, 3.8) is 0 Å². The van der Waals surface area contributed by atoms with Gasteiger partial charge >= 0.3 is 0 Å². The van der Waals surface area contributed by atoms with Crippen LogP contribution in [-0.4, -0.2) is 64.5 Å². The van der Waals surface area contributed by atoms with Crippen LogP contribution in [0.3, 0.4) is 0 Å². The molecule has 1 amide bonds. The van der Waals surface area contributed by atoms with Crippen molar-refractivity contribution in [3.8, 4) is 5.75 Å². The Morgan fingerprint density at radius 2 is 1.90 bits per heavy atom. The molecule has 7 heteroatoms. The van der Waals surface area contributed by atoms with Crippen molar-refractivity contribution in [2.24, 2.45) is 5.92 Å². The molecule has 4 aliphatic heterocycles. The number of H-pyrrole nitrogens is 1. The predicted molar refractivity (Wildman–Crippen MR) is 108 cm³/mol. The van der Waals surface area contributed by atoms with E-state index < -0.39 is 0 Å². The number of aryl methyl sites for hydroxylation is 1. The molecule has 1 aromatic heterocycles. The van der Waals surface area contributed by atoms with Crippen molar-refractivity contribution < 1.29 is 9.53 Å². The number of amides is 1. The van der Waals surface area contributed by atoms with E-state index in [0.29, 0.717) is 24.3 Å². The number of hydrogen-bond donors (Lipinski definition) is 1. The minimum Gasteiger partial charge on any atom is -0.497 e. The van der Waals surface area contributed by atoms with Gasteiger partial charge < -0.3 is 14.6 Å². The number of nitrogens with zero attached hydrogens (tertiary/aromatic N) is 3. The second-order valence-corrected chi connectivity index (χ2v) is 8.40. The topological polar surface area (TPSA) is 78.5 Å². The lowest BCUT2D eigenvalue weighted by Crippen LogP contribution is -2.61. The number of piperidine rings is 3. The van der Waals surface area contributed by atoms with Crippen molar-refractivity contribution in [3.05, 3.63) is 57.8 Å². The van der Waals surface area contributed by atoms with Crippen molar-refractivity contribution in [1.82, 2.24) is 19.8 Å². The van der Waals surface area contributed by atoms with E-state index in [-0.39, 0.29) is 29.0 Å². The molecule has 0 spiro atoms. The third-order valence-electron chi connectivity index (χ3n) is 6.96. The van der Waals surface area contributed by atoms with Gasteiger partial charge in [-0.25, -0.2) is 4.98 Å². The van der Waals surface area contributed by atoms with E-state index in [1.165, 1.54) is 11.8 Å². The van der Waals surface area contributed by atoms with Gasteiger partial charge in [0.1, 0.15) is 17.1 Å². The second kappa shape index (κ2) is 6.99. The molecule has 0 radical (unpaired) electrons. The standard InChI is InChI=1S/C22H26N4O3/c1-13-23-11-17(21(27)24-13)22(28)26-12-18(14-3-5-16(29-2)6-4-14)20-19(26)15-7-9-25(20)10-8-15/h3-6,11,15,18-20H,7-10,12H2,1-2H3,(H,23,24,27)/t18-,19+,20+/m1/s1. The fourth-order valence-corrected chi connectivity index (χ4v) is 5.59. The van der Waals surface area contributed by atoms with Crippen LogP contribution in [0.4, 0.5) is 0 Å². The van der Waals surface area contributed by atoms with Gasteiger partial charge in [-0.3, -0.25) is 14.5 Å². The van der Waals surface area contributed by atoms with E-state index in [0.717, 1.165) is 31.7 Å². The van der Waals surface area contributed by atoms with Gasteiger partial charge in [-0.2, -0.15) is 0 Å². The monoisotopic (exact) mass is 394 g/mol. The first kappa shape index (κ1) is 18.4. The van der Waals surface area contributed by atoms with Crippen LogP contribution in [0.15, 0.2) is 35.3 Å². The van der Waals surface area contributed by atoms with Crippen LogP contribution >= 0.6 is 0 Å². The minimum absolute atomic E-state index is 0.140. The molecule has 0 aliphatic carbocycles. The summed E-state index contributed by atoms with van der Waals surface area (Å²) in [4.78, 5) is 37.1. The number of carbonyl (C=O) groups is 1. The summed E-state index contributed by atoms with van der Waals surface area (Å²) in [5.74, 6) is 1.88. The number of fused-ring (bicyclic) bond motifs is 2. The first-order chi connectivity index (χ1) is 14.1. The average Bonchev–Trinajstić information content (AvgIpc) is 3.17. The quantitative estimate of drug-likeness (QED) is 0.859. The number of benzene rings is 1. The molecule has 4 aliphatic rings. The molecule has 3 atom stereocenters. The zero-order valence-corrected chi connectivity index (χ0v) is 16.8. The summed E-state index contributed by atoms with van der Waals surface area (Å²) in [5.41, 5.74) is 1.01. The number of methoxy groups -OCH3 is 1. The van der Waals surface area contributed by atoms with Crippen LogP contribution in [0.25, 0.3) is 0 Å². The number of hydrogen-bond acceptors (Lipinski definition) is 5. The van der Waals surface area contributed by atoms with Gasteiger partial charge in [0.15, 0.2) is 0 Å². The van der Waals surface area contributed by atoms with Crippen LogP contribution in [0.2, 0.25) is 0 Å². The summed E-state index contributed by atoms with van der Waals surface area (Å²) < 4.78 is 5.31. The van der Waals surface area contributed by atoms with Gasteiger partial charge in [0.05, 0.1) is 13.2 Å². The fourth-order valence-electron chi connectivity index (χ4n) is 5.59. The molecule has 1 N–H and O–H groups in total. The molecule has 4 fully saturated rings. The number of aromatic amines is 1. The first-order valence-corrected chi connectivity index (χ1v) is 10.3. The number of likely N-dealkylation sites (tertiary alicyclic amines) is 1. The minimum atomic E-state index is -0.353. The summed E-state index contributed by atoms with van der Waals surface area (Å²) in [7, 11) is 1.67. The third kappa shape index (κ3) is 2.95. The maximum Gasteiger partial charge on any atom is 0.263 e. The molecule has 0 saturated carbocycles. The van der Waals surface area contributed by atoms with Gasteiger partial charge in [0.25, 0.3) is 11.5 Å².